The molecule has 0 aliphatic carbocycles. The Kier molecular flexibility index (Phi) is 5.33. The first-order chi connectivity index (χ1) is 12.4. The molecule has 0 unspecified atom stereocenters. The van der Waals surface area contributed by atoms with Crippen molar-refractivity contribution >= 4 is 37.3 Å². The molecule has 2 aromatic carbocycles. The fourth-order valence-corrected chi connectivity index (χ4v) is 4.67. The Morgan fingerprint density at radius 1 is 1.12 bits per heavy atom. The zero-order valence-electron chi connectivity index (χ0n) is 14.6. The summed E-state index contributed by atoms with van der Waals surface area (Å²) in [5.41, 5.74) is 1.25. The number of sulfonamides is 1. The van der Waals surface area contributed by atoms with Crippen LogP contribution in [0.3, 0.4) is 0 Å². The molecule has 3 aromatic rings. The smallest absolute Gasteiger partial charge is 0.308 e. The molecule has 6 nitrogen and oxygen atoms in total. The quantitative estimate of drug-likeness (QED) is 0.665. The third kappa shape index (κ3) is 3.76. The molecule has 1 N–H and O–H groups in total. The second kappa shape index (κ2) is 7.51. The summed E-state index contributed by atoms with van der Waals surface area (Å²) in [6, 6.07) is 11.4. The van der Waals surface area contributed by atoms with E-state index in [1.165, 1.54) is 12.1 Å². The number of fused-ring (bicyclic) bond motifs is 1. The van der Waals surface area contributed by atoms with Crippen LogP contribution < -0.4 is 14.3 Å². The Labute approximate surface area is 156 Å². The summed E-state index contributed by atoms with van der Waals surface area (Å²) in [7, 11) is -3.71. The van der Waals surface area contributed by atoms with E-state index in [2.05, 4.69) is 4.72 Å². The van der Waals surface area contributed by atoms with Gasteiger partial charge in [-0.3, -0.25) is 14.1 Å². The number of benzene rings is 2. The van der Waals surface area contributed by atoms with Gasteiger partial charge in [-0.05, 0) is 55.8 Å². The SMILES string of the molecule is CCCn1c(=O)sc2cc(NS(=O)(=O)c3ccc(OCC)cc3)ccc21. The minimum Gasteiger partial charge on any atom is -0.494 e. The number of nitrogens with zero attached hydrogens (tertiary/aromatic N) is 1. The summed E-state index contributed by atoms with van der Waals surface area (Å²) in [6.45, 7) is 5.04. The topological polar surface area (TPSA) is 77.4 Å². The average molecular weight is 393 g/mol. The van der Waals surface area contributed by atoms with E-state index in [1.807, 2.05) is 13.8 Å². The molecule has 0 fully saturated rings. The lowest BCUT2D eigenvalue weighted by atomic mass is 10.3. The predicted octanol–water partition coefficient (Wildman–Crippen LogP) is 3.67. The van der Waals surface area contributed by atoms with E-state index in [4.69, 9.17) is 4.74 Å². The Hall–Kier alpha value is -2.32. The molecular formula is C18H20N2O4S2. The maximum atomic E-state index is 12.6. The number of aromatic nitrogens is 1. The zero-order valence-corrected chi connectivity index (χ0v) is 16.2. The summed E-state index contributed by atoms with van der Waals surface area (Å²) in [4.78, 5) is 12.2. The highest BCUT2D eigenvalue weighted by atomic mass is 32.2. The highest BCUT2D eigenvalue weighted by molar-refractivity contribution is 7.92. The second-order valence-electron chi connectivity index (χ2n) is 5.71. The Morgan fingerprint density at radius 3 is 2.50 bits per heavy atom. The van der Waals surface area contributed by atoms with Crippen molar-refractivity contribution in [1.29, 1.82) is 0 Å². The molecule has 8 heteroatoms. The van der Waals surface area contributed by atoms with Gasteiger partial charge in [-0.15, -0.1) is 0 Å². The molecule has 0 saturated heterocycles. The van der Waals surface area contributed by atoms with E-state index >= 15 is 0 Å². The number of aryl methyl sites for hydroxylation is 1. The molecule has 138 valence electrons. The molecule has 0 atom stereocenters. The van der Waals surface area contributed by atoms with E-state index in [9.17, 15) is 13.2 Å². The van der Waals surface area contributed by atoms with Crippen LogP contribution >= 0.6 is 11.3 Å². The highest BCUT2D eigenvalue weighted by Crippen LogP contribution is 2.25. The van der Waals surface area contributed by atoms with E-state index in [1.54, 1.807) is 34.9 Å². The maximum Gasteiger partial charge on any atom is 0.308 e. The molecule has 1 heterocycles. The van der Waals surface area contributed by atoms with Crippen molar-refractivity contribution in [3.05, 3.63) is 52.1 Å². The van der Waals surface area contributed by atoms with Crippen LogP contribution in [0.2, 0.25) is 0 Å². The van der Waals surface area contributed by atoms with Gasteiger partial charge in [0.25, 0.3) is 10.0 Å². The molecule has 0 aliphatic rings. The van der Waals surface area contributed by atoms with Crippen LogP contribution in [0.4, 0.5) is 5.69 Å². The van der Waals surface area contributed by atoms with Gasteiger partial charge < -0.3 is 4.74 Å². The first-order valence-electron chi connectivity index (χ1n) is 8.33. The standard InChI is InChI=1S/C18H20N2O4S2/c1-3-11-20-16-10-5-13(12-17(16)25-18(20)21)19-26(22,23)15-8-6-14(7-9-15)24-4-2/h5-10,12,19H,3-4,11H2,1-2H3. The maximum absolute atomic E-state index is 12.6. The number of nitrogens with one attached hydrogen (secondary N) is 1. The van der Waals surface area contributed by atoms with Crippen LogP contribution in [0.1, 0.15) is 20.3 Å². The van der Waals surface area contributed by atoms with Gasteiger partial charge in [-0.25, -0.2) is 8.42 Å². The van der Waals surface area contributed by atoms with Crippen molar-refractivity contribution in [2.45, 2.75) is 31.7 Å². The fraction of sp³-hybridized carbons (Fsp3) is 0.278. The summed E-state index contributed by atoms with van der Waals surface area (Å²) in [5.74, 6) is 0.620. The van der Waals surface area contributed by atoms with Gasteiger partial charge in [0, 0.05) is 6.54 Å². The lowest BCUT2D eigenvalue weighted by Crippen LogP contribution is -2.13. The van der Waals surface area contributed by atoms with Crippen molar-refractivity contribution in [3.63, 3.8) is 0 Å². The van der Waals surface area contributed by atoms with Gasteiger partial charge >= 0.3 is 4.87 Å². The number of hydrogen-bond donors (Lipinski definition) is 1. The predicted molar refractivity (Wildman–Crippen MR) is 105 cm³/mol. The lowest BCUT2D eigenvalue weighted by Gasteiger charge is -2.09. The minimum absolute atomic E-state index is 0.0339. The summed E-state index contributed by atoms with van der Waals surface area (Å²) >= 11 is 1.12. The van der Waals surface area contributed by atoms with Gasteiger partial charge in [0.2, 0.25) is 0 Å². The largest absolute Gasteiger partial charge is 0.494 e. The zero-order chi connectivity index (χ0) is 18.7. The summed E-state index contributed by atoms with van der Waals surface area (Å²) < 4.78 is 35.5. The lowest BCUT2D eigenvalue weighted by molar-refractivity contribution is 0.340. The van der Waals surface area contributed by atoms with Gasteiger partial charge in [0.15, 0.2) is 0 Å². The van der Waals surface area contributed by atoms with Crippen LogP contribution in [-0.4, -0.2) is 19.6 Å². The third-order valence-corrected chi connectivity index (χ3v) is 6.15. The molecule has 1 aromatic heterocycles. The van der Waals surface area contributed by atoms with Gasteiger partial charge in [0.05, 0.1) is 27.4 Å². The number of anilines is 1. The van der Waals surface area contributed by atoms with Crippen molar-refractivity contribution in [2.24, 2.45) is 0 Å². The molecule has 0 aliphatic heterocycles. The Bertz CT molecular complexity index is 1070. The van der Waals surface area contributed by atoms with E-state index in [0.29, 0.717) is 24.6 Å². The van der Waals surface area contributed by atoms with E-state index in [-0.39, 0.29) is 9.77 Å². The summed E-state index contributed by atoms with van der Waals surface area (Å²) in [6.07, 6.45) is 0.859. The highest BCUT2D eigenvalue weighted by Gasteiger charge is 2.15. The van der Waals surface area contributed by atoms with Crippen molar-refractivity contribution in [1.82, 2.24) is 4.57 Å². The van der Waals surface area contributed by atoms with E-state index in [0.717, 1.165) is 28.0 Å². The van der Waals surface area contributed by atoms with Crippen LogP contribution in [0.25, 0.3) is 10.2 Å². The van der Waals surface area contributed by atoms with Crippen molar-refractivity contribution in [2.75, 3.05) is 11.3 Å². The molecule has 0 saturated carbocycles. The molecule has 0 spiro atoms. The van der Waals surface area contributed by atoms with Gasteiger partial charge in [0.1, 0.15) is 5.75 Å². The van der Waals surface area contributed by atoms with Gasteiger partial charge in [-0.1, -0.05) is 18.3 Å². The normalized spacial score (nSPS) is 11.6. The van der Waals surface area contributed by atoms with Crippen molar-refractivity contribution in [3.8, 4) is 5.75 Å². The molecule has 3 rings (SSSR count). The first-order valence-corrected chi connectivity index (χ1v) is 10.6. The molecule has 0 bridgehead atoms. The van der Waals surface area contributed by atoms with Gasteiger partial charge in [-0.2, -0.15) is 0 Å². The molecule has 0 radical (unpaired) electrons. The van der Waals surface area contributed by atoms with Crippen LogP contribution in [0.5, 0.6) is 5.75 Å². The second-order valence-corrected chi connectivity index (χ2v) is 8.39. The number of ether oxygens (including phenoxy) is 1. The number of hydrogen-bond acceptors (Lipinski definition) is 5. The average Bonchev–Trinajstić information content (AvgIpc) is 2.91. The fourth-order valence-electron chi connectivity index (χ4n) is 2.66. The minimum atomic E-state index is -3.71. The first kappa shape index (κ1) is 18.5. The Balaban J connectivity index is 1.88. The van der Waals surface area contributed by atoms with E-state index < -0.39 is 10.0 Å². The monoisotopic (exact) mass is 392 g/mol. The number of thiazole rings is 1. The molecular weight excluding hydrogens is 372 g/mol. The molecule has 0 amide bonds. The van der Waals surface area contributed by atoms with Crippen LogP contribution in [0, 0.1) is 0 Å². The molecule has 26 heavy (non-hydrogen) atoms. The Morgan fingerprint density at radius 2 is 1.85 bits per heavy atom. The third-order valence-electron chi connectivity index (χ3n) is 3.81. The number of rotatable bonds is 7. The van der Waals surface area contributed by atoms with Crippen LogP contribution in [-0.2, 0) is 16.6 Å². The van der Waals surface area contributed by atoms with Crippen LogP contribution in [0.15, 0.2) is 52.2 Å². The summed E-state index contributed by atoms with van der Waals surface area (Å²) in [5, 5.41) is 0. The van der Waals surface area contributed by atoms with Crippen molar-refractivity contribution < 1.29 is 13.2 Å².